The van der Waals surface area contributed by atoms with Crippen molar-refractivity contribution in [3.05, 3.63) is 35.8 Å². The first-order valence-corrected chi connectivity index (χ1v) is 4.27. The number of halogens is 3. The molecule has 2 N–H and O–H groups in total. The van der Waals surface area contributed by atoms with Gasteiger partial charge in [-0.2, -0.15) is 0 Å². The predicted octanol–water partition coefficient (Wildman–Crippen LogP) is 1.61. The van der Waals surface area contributed by atoms with Crippen LogP contribution in [0.25, 0.3) is 6.08 Å². The molecule has 0 spiro atoms. The first kappa shape index (κ1) is 12.6. The van der Waals surface area contributed by atoms with E-state index in [4.69, 9.17) is 10.0 Å². The molecule has 0 aromatic heterocycles. The molecule has 86 valence electrons. The van der Waals surface area contributed by atoms with E-state index in [1.54, 1.807) is 0 Å². The minimum atomic E-state index is -4.74. The van der Waals surface area contributed by atoms with Crippen LogP contribution in [0.1, 0.15) is 5.56 Å². The summed E-state index contributed by atoms with van der Waals surface area (Å²) in [6.07, 6.45) is -3.47. The predicted molar refractivity (Wildman–Crippen MR) is 52.4 cm³/mol. The van der Waals surface area contributed by atoms with E-state index >= 15 is 0 Å². The van der Waals surface area contributed by atoms with Crippen LogP contribution in [0.5, 0.6) is 5.75 Å². The van der Waals surface area contributed by atoms with Crippen molar-refractivity contribution < 1.29 is 28.0 Å². The number of hydrogen-bond donors (Lipinski definition) is 2. The van der Waals surface area contributed by atoms with Gasteiger partial charge in [0.1, 0.15) is 5.75 Å². The van der Waals surface area contributed by atoms with Crippen LogP contribution in [0.15, 0.2) is 30.2 Å². The Labute approximate surface area is 89.9 Å². The molecule has 0 amide bonds. The Balaban J connectivity index is 2.79. The zero-order valence-electron chi connectivity index (χ0n) is 7.98. The van der Waals surface area contributed by atoms with Crippen LogP contribution in [0.2, 0.25) is 0 Å². The topological polar surface area (TPSA) is 49.7 Å². The molecule has 0 aliphatic carbocycles. The summed E-state index contributed by atoms with van der Waals surface area (Å²) >= 11 is 0. The maximum absolute atomic E-state index is 11.9. The lowest BCUT2D eigenvalue weighted by atomic mass is 9.91. The average molecular weight is 232 g/mol. The number of rotatable bonds is 3. The Morgan fingerprint density at radius 2 is 1.94 bits per heavy atom. The van der Waals surface area contributed by atoms with Crippen molar-refractivity contribution in [1.29, 1.82) is 0 Å². The fourth-order valence-corrected chi connectivity index (χ4v) is 1.01. The standard InChI is InChI=1S/C9H8BF3O3/c11-9(12,13)16-8-3-1-2-7(6-8)4-5-10(14)15/h1-6,14-15H/b5-4+. The summed E-state index contributed by atoms with van der Waals surface area (Å²) in [5.74, 6) is 0.661. The molecule has 0 aliphatic heterocycles. The normalized spacial score (nSPS) is 11.8. The number of alkyl halides is 3. The summed E-state index contributed by atoms with van der Waals surface area (Å²) in [5.41, 5.74) is 0.370. The molecule has 0 fully saturated rings. The monoisotopic (exact) mass is 232 g/mol. The molecule has 3 nitrogen and oxygen atoms in total. The Kier molecular flexibility index (Phi) is 3.97. The van der Waals surface area contributed by atoms with E-state index in [1.165, 1.54) is 18.2 Å². The smallest absolute Gasteiger partial charge is 0.424 e. The third-order valence-corrected chi connectivity index (χ3v) is 1.55. The SMILES string of the molecule is OB(O)/C=C/c1cccc(OC(F)(F)F)c1. The Hall–Kier alpha value is -1.47. The van der Waals surface area contributed by atoms with Crippen LogP contribution >= 0.6 is 0 Å². The van der Waals surface area contributed by atoms with Gasteiger partial charge < -0.3 is 14.8 Å². The highest BCUT2D eigenvalue weighted by Crippen LogP contribution is 2.23. The molecule has 0 atom stereocenters. The Morgan fingerprint density at radius 1 is 1.25 bits per heavy atom. The molecule has 16 heavy (non-hydrogen) atoms. The van der Waals surface area contributed by atoms with Gasteiger partial charge in [0.2, 0.25) is 0 Å². The van der Waals surface area contributed by atoms with Crippen molar-refractivity contribution in [3.8, 4) is 5.75 Å². The molecule has 0 unspecified atom stereocenters. The van der Waals surface area contributed by atoms with Crippen LogP contribution in [0.3, 0.4) is 0 Å². The van der Waals surface area contributed by atoms with Gasteiger partial charge in [0.15, 0.2) is 0 Å². The van der Waals surface area contributed by atoms with Gasteiger partial charge in [0.25, 0.3) is 0 Å². The fourth-order valence-electron chi connectivity index (χ4n) is 1.01. The van der Waals surface area contributed by atoms with Crippen LogP contribution in [0.4, 0.5) is 13.2 Å². The van der Waals surface area contributed by atoms with Crippen molar-refractivity contribution in [2.24, 2.45) is 0 Å². The third-order valence-electron chi connectivity index (χ3n) is 1.55. The van der Waals surface area contributed by atoms with Crippen molar-refractivity contribution in [2.45, 2.75) is 6.36 Å². The molecule has 1 rings (SSSR count). The lowest BCUT2D eigenvalue weighted by Crippen LogP contribution is -2.17. The number of ether oxygens (including phenoxy) is 1. The number of benzene rings is 1. The van der Waals surface area contributed by atoms with Crippen LogP contribution in [-0.4, -0.2) is 23.5 Å². The van der Waals surface area contributed by atoms with Crippen LogP contribution in [0, 0.1) is 0 Å². The lowest BCUT2D eigenvalue weighted by Gasteiger charge is -2.08. The molecule has 1 aromatic carbocycles. The van der Waals surface area contributed by atoms with E-state index in [2.05, 4.69) is 4.74 Å². The molecule has 0 heterocycles. The minimum Gasteiger partial charge on any atom is -0.424 e. The fraction of sp³-hybridized carbons (Fsp3) is 0.111. The van der Waals surface area contributed by atoms with Gasteiger partial charge in [-0.15, -0.1) is 13.2 Å². The molecule has 0 aliphatic rings. The summed E-state index contributed by atoms with van der Waals surface area (Å²) in [6, 6.07) is 5.15. The second-order valence-corrected chi connectivity index (χ2v) is 2.89. The third kappa shape index (κ3) is 4.85. The minimum absolute atomic E-state index is 0.359. The highest BCUT2D eigenvalue weighted by Gasteiger charge is 2.30. The van der Waals surface area contributed by atoms with Crippen molar-refractivity contribution in [2.75, 3.05) is 0 Å². The molecule has 1 aromatic rings. The zero-order chi connectivity index (χ0) is 12.2. The molecule has 0 saturated heterocycles. The second-order valence-electron chi connectivity index (χ2n) is 2.89. The van der Waals surface area contributed by atoms with Gasteiger partial charge in [-0.25, -0.2) is 0 Å². The Bertz CT molecular complexity index is 377. The van der Waals surface area contributed by atoms with Crippen molar-refractivity contribution >= 4 is 13.2 Å². The lowest BCUT2D eigenvalue weighted by molar-refractivity contribution is -0.274. The van der Waals surface area contributed by atoms with E-state index in [1.807, 2.05) is 0 Å². The van der Waals surface area contributed by atoms with E-state index in [0.717, 1.165) is 18.1 Å². The summed E-state index contributed by atoms with van der Waals surface area (Å²) < 4.78 is 39.3. The molecule has 0 saturated carbocycles. The highest BCUT2D eigenvalue weighted by atomic mass is 19.4. The molecule has 0 bridgehead atoms. The van der Waals surface area contributed by atoms with Crippen molar-refractivity contribution in [1.82, 2.24) is 0 Å². The van der Waals surface area contributed by atoms with Crippen LogP contribution in [-0.2, 0) is 0 Å². The highest BCUT2D eigenvalue weighted by molar-refractivity contribution is 6.48. The zero-order valence-corrected chi connectivity index (χ0v) is 7.98. The summed E-state index contributed by atoms with van der Waals surface area (Å²) in [4.78, 5) is 0. The quantitative estimate of drug-likeness (QED) is 0.778. The molecular weight excluding hydrogens is 224 g/mol. The summed E-state index contributed by atoms with van der Waals surface area (Å²) in [6.45, 7) is 0. The van der Waals surface area contributed by atoms with Gasteiger partial charge in [-0.3, -0.25) is 0 Å². The van der Waals surface area contributed by atoms with Gasteiger partial charge in [-0.1, -0.05) is 24.2 Å². The molecule has 0 radical (unpaired) electrons. The van der Waals surface area contributed by atoms with Gasteiger partial charge in [0, 0.05) is 0 Å². The Morgan fingerprint density at radius 3 is 2.50 bits per heavy atom. The second kappa shape index (κ2) is 5.04. The van der Waals surface area contributed by atoms with Gasteiger partial charge in [-0.05, 0) is 17.7 Å². The van der Waals surface area contributed by atoms with E-state index in [0.29, 0.717) is 5.56 Å². The first-order valence-electron chi connectivity index (χ1n) is 4.27. The van der Waals surface area contributed by atoms with Crippen molar-refractivity contribution in [3.63, 3.8) is 0 Å². The van der Waals surface area contributed by atoms with Crippen LogP contribution < -0.4 is 4.74 Å². The number of hydrogen-bond acceptors (Lipinski definition) is 3. The van der Waals surface area contributed by atoms with Gasteiger partial charge >= 0.3 is 13.5 Å². The molecule has 7 heteroatoms. The average Bonchev–Trinajstić information content (AvgIpc) is 2.12. The maximum atomic E-state index is 11.9. The molecular formula is C9H8BF3O3. The van der Waals surface area contributed by atoms with E-state index in [-0.39, 0.29) is 5.75 Å². The van der Waals surface area contributed by atoms with E-state index < -0.39 is 13.5 Å². The summed E-state index contributed by atoms with van der Waals surface area (Å²) in [5, 5.41) is 17.1. The van der Waals surface area contributed by atoms with E-state index in [9.17, 15) is 13.2 Å². The van der Waals surface area contributed by atoms with Gasteiger partial charge in [0.05, 0.1) is 0 Å². The summed E-state index contributed by atoms with van der Waals surface area (Å²) in [7, 11) is -1.65. The maximum Gasteiger partial charge on any atom is 0.573 e. The largest absolute Gasteiger partial charge is 0.573 e. The first-order chi connectivity index (χ1) is 7.37.